The van der Waals surface area contributed by atoms with Gasteiger partial charge in [-0.15, -0.1) is 0 Å². The summed E-state index contributed by atoms with van der Waals surface area (Å²) in [4.78, 5) is 11.3. The Balaban J connectivity index is 1.79. The Morgan fingerprint density at radius 1 is 1.26 bits per heavy atom. The maximum atomic E-state index is 14.0. The molecule has 0 radical (unpaired) electrons. The van der Waals surface area contributed by atoms with E-state index in [1.54, 1.807) is 6.07 Å². The van der Waals surface area contributed by atoms with Gasteiger partial charge >= 0.3 is 5.97 Å². The number of carbonyl (C=O) groups is 1. The molecule has 0 bridgehead atoms. The predicted octanol–water partition coefficient (Wildman–Crippen LogP) is 5.94. The molecule has 1 atom stereocenters. The number of hydrogen-bond acceptors (Lipinski definition) is 1. The Morgan fingerprint density at radius 2 is 2.00 bits per heavy atom. The summed E-state index contributed by atoms with van der Waals surface area (Å²) in [5.41, 5.74) is 4.18. The Labute approximate surface area is 169 Å². The van der Waals surface area contributed by atoms with Crippen LogP contribution in [0.2, 0.25) is 5.02 Å². The number of rotatable bonds is 5. The highest BCUT2D eigenvalue weighted by molar-refractivity contribution is 9.10. The first-order valence-electron chi connectivity index (χ1n) is 8.90. The van der Waals surface area contributed by atoms with E-state index < -0.39 is 5.97 Å². The van der Waals surface area contributed by atoms with E-state index in [9.17, 15) is 14.3 Å². The first-order valence-corrected chi connectivity index (χ1v) is 10.1. The lowest BCUT2D eigenvalue weighted by Gasteiger charge is -2.11. The molecular formula is C21H18BrClFNO2. The molecule has 0 spiro atoms. The Kier molecular flexibility index (Phi) is 4.99. The van der Waals surface area contributed by atoms with Crippen LogP contribution in [-0.2, 0) is 24.2 Å². The summed E-state index contributed by atoms with van der Waals surface area (Å²) in [5, 5.41) is 11.0. The van der Waals surface area contributed by atoms with E-state index in [1.165, 1.54) is 11.6 Å². The molecule has 0 saturated heterocycles. The number of carboxylic acids is 1. The lowest BCUT2D eigenvalue weighted by molar-refractivity contribution is -0.137. The summed E-state index contributed by atoms with van der Waals surface area (Å²) in [6, 6.07) is 10.8. The molecule has 2 aromatic carbocycles. The van der Waals surface area contributed by atoms with Crippen molar-refractivity contribution in [2.75, 3.05) is 0 Å². The van der Waals surface area contributed by atoms with Gasteiger partial charge in [-0.3, -0.25) is 4.79 Å². The van der Waals surface area contributed by atoms with Crippen LogP contribution in [0.15, 0.2) is 40.9 Å². The highest BCUT2D eigenvalue weighted by Gasteiger charge is 2.31. The van der Waals surface area contributed by atoms with E-state index in [0.29, 0.717) is 5.02 Å². The van der Waals surface area contributed by atoms with Gasteiger partial charge in [-0.2, -0.15) is 0 Å². The van der Waals surface area contributed by atoms with Crippen LogP contribution in [0.25, 0.3) is 10.9 Å². The quantitative estimate of drug-likeness (QED) is 0.522. The summed E-state index contributed by atoms with van der Waals surface area (Å²) in [6.07, 6.45) is 2.46. The van der Waals surface area contributed by atoms with Gasteiger partial charge in [0.2, 0.25) is 0 Å². The predicted molar refractivity (Wildman–Crippen MR) is 108 cm³/mol. The molecule has 2 heterocycles. The standard InChI is InChI=1S/C21H18BrClFNO2/c22-17-10-15(24)11-18-20(17)16(6-3-12-1-4-14(23)5-2-12)21-13(9-19(26)27)7-8-25(18)21/h1-2,4-5,10-11,13H,3,6-9H2,(H,26,27). The van der Waals surface area contributed by atoms with Crippen LogP contribution in [-0.4, -0.2) is 15.6 Å². The number of halogens is 3. The largest absolute Gasteiger partial charge is 0.481 e. The molecule has 1 aromatic heterocycles. The summed E-state index contributed by atoms with van der Waals surface area (Å²) < 4.78 is 16.8. The molecule has 1 aliphatic heterocycles. The molecule has 1 aliphatic rings. The van der Waals surface area contributed by atoms with Crippen LogP contribution < -0.4 is 0 Å². The third kappa shape index (κ3) is 3.50. The van der Waals surface area contributed by atoms with E-state index in [1.807, 2.05) is 24.3 Å². The highest BCUT2D eigenvalue weighted by atomic mass is 79.9. The number of hydrogen-bond donors (Lipinski definition) is 1. The van der Waals surface area contributed by atoms with Crippen molar-refractivity contribution in [3.63, 3.8) is 0 Å². The van der Waals surface area contributed by atoms with Crippen LogP contribution in [0.5, 0.6) is 0 Å². The van der Waals surface area contributed by atoms with E-state index >= 15 is 0 Å². The molecule has 6 heteroatoms. The van der Waals surface area contributed by atoms with Gasteiger partial charge in [0.25, 0.3) is 0 Å². The van der Waals surface area contributed by atoms with Crippen molar-refractivity contribution >= 4 is 44.4 Å². The number of carboxylic acid groups (broad SMARTS) is 1. The second kappa shape index (κ2) is 7.28. The third-order valence-electron chi connectivity index (χ3n) is 5.31. The maximum absolute atomic E-state index is 14.0. The van der Waals surface area contributed by atoms with Crippen LogP contribution in [0.1, 0.15) is 35.6 Å². The van der Waals surface area contributed by atoms with Crippen LogP contribution in [0.4, 0.5) is 4.39 Å². The van der Waals surface area contributed by atoms with Crippen molar-refractivity contribution in [1.29, 1.82) is 0 Å². The van der Waals surface area contributed by atoms with E-state index in [4.69, 9.17) is 11.6 Å². The smallest absolute Gasteiger partial charge is 0.304 e. The van der Waals surface area contributed by atoms with Gasteiger partial charge in [-0.25, -0.2) is 4.39 Å². The molecule has 140 valence electrons. The summed E-state index contributed by atoms with van der Waals surface area (Å²) in [6.45, 7) is 0.723. The van der Waals surface area contributed by atoms with Crippen molar-refractivity contribution in [1.82, 2.24) is 4.57 Å². The van der Waals surface area contributed by atoms with Gasteiger partial charge in [-0.05, 0) is 70.6 Å². The number of aliphatic carboxylic acids is 1. The first kappa shape index (κ1) is 18.5. The lowest BCUT2D eigenvalue weighted by atomic mass is 9.93. The van der Waals surface area contributed by atoms with Gasteiger partial charge in [0.1, 0.15) is 5.82 Å². The zero-order valence-electron chi connectivity index (χ0n) is 14.5. The minimum absolute atomic E-state index is 0.0370. The van der Waals surface area contributed by atoms with Crippen molar-refractivity contribution in [3.8, 4) is 0 Å². The minimum atomic E-state index is -0.799. The maximum Gasteiger partial charge on any atom is 0.304 e. The molecule has 1 unspecified atom stereocenters. The average molecular weight is 451 g/mol. The Morgan fingerprint density at radius 3 is 2.70 bits per heavy atom. The monoisotopic (exact) mass is 449 g/mol. The summed E-state index contributed by atoms with van der Waals surface area (Å²) >= 11 is 9.49. The fourth-order valence-electron chi connectivity index (χ4n) is 4.20. The summed E-state index contributed by atoms with van der Waals surface area (Å²) in [7, 11) is 0. The molecule has 3 nitrogen and oxygen atoms in total. The van der Waals surface area contributed by atoms with Crippen molar-refractivity contribution in [3.05, 3.63) is 68.5 Å². The van der Waals surface area contributed by atoms with Crippen molar-refractivity contribution in [2.24, 2.45) is 0 Å². The second-order valence-electron chi connectivity index (χ2n) is 7.01. The molecule has 1 N–H and O–H groups in total. The van der Waals surface area contributed by atoms with Crippen LogP contribution in [0.3, 0.4) is 0 Å². The van der Waals surface area contributed by atoms with E-state index in [-0.39, 0.29) is 18.2 Å². The molecule has 0 aliphatic carbocycles. The van der Waals surface area contributed by atoms with E-state index in [2.05, 4.69) is 20.5 Å². The molecule has 0 saturated carbocycles. The molecule has 0 amide bonds. The SMILES string of the molecule is O=C(O)CC1CCn2c1c(CCc1ccc(Cl)cc1)c1c(Br)cc(F)cc12. The Bertz CT molecular complexity index is 1030. The third-order valence-corrected chi connectivity index (χ3v) is 6.19. The number of fused-ring (bicyclic) bond motifs is 3. The number of aryl methyl sites for hydroxylation is 3. The van der Waals surface area contributed by atoms with Crippen molar-refractivity contribution < 1.29 is 14.3 Å². The number of aromatic nitrogens is 1. The topological polar surface area (TPSA) is 42.2 Å². The molecule has 0 fully saturated rings. The van der Waals surface area contributed by atoms with Crippen LogP contribution >= 0.6 is 27.5 Å². The zero-order valence-corrected chi connectivity index (χ0v) is 16.9. The van der Waals surface area contributed by atoms with E-state index in [0.717, 1.165) is 52.4 Å². The fraction of sp³-hybridized carbons (Fsp3) is 0.286. The molecule has 3 aromatic rings. The zero-order chi connectivity index (χ0) is 19.1. The van der Waals surface area contributed by atoms with Crippen molar-refractivity contribution in [2.45, 2.75) is 38.1 Å². The molecular weight excluding hydrogens is 433 g/mol. The average Bonchev–Trinajstić information content (AvgIpc) is 3.13. The molecule has 27 heavy (non-hydrogen) atoms. The van der Waals surface area contributed by atoms with Gasteiger partial charge in [0, 0.05) is 33.0 Å². The minimum Gasteiger partial charge on any atom is -0.481 e. The van der Waals surface area contributed by atoms with Crippen LogP contribution in [0, 0.1) is 5.82 Å². The van der Waals surface area contributed by atoms with Gasteiger partial charge in [0.15, 0.2) is 0 Å². The normalized spacial score (nSPS) is 16.0. The second-order valence-corrected chi connectivity index (χ2v) is 8.30. The molecule has 4 rings (SSSR count). The van der Waals surface area contributed by atoms with Gasteiger partial charge in [-0.1, -0.05) is 23.7 Å². The number of benzene rings is 2. The first-order chi connectivity index (χ1) is 12.9. The Hall–Kier alpha value is -1.85. The highest BCUT2D eigenvalue weighted by Crippen LogP contribution is 2.43. The van der Waals surface area contributed by atoms with Gasteiger partial charge < -0.3 is 9.67 Å². The number of nitrogens with zero attached hydrogens (tertiary/aromatic N) is 1. The fourth-order valence-corrected chi connectivity index (χ4v) is 4.99. The van der Waals surface area contributed by atoms with Gasteiger partial charge in [0.05, 0.1) is 11.9 Å². The summed E-state index contributed by atoms with van der Waals surface area (Å²) in [5.74, 6) is -1.13. The lowest BCUT2D eigenvalue weighted by Crippen LogP contribution is -2.06.